The van der Waals surface area contributed by atoms with Gasteiger partial charge in [0.15, 0.2) is 0 Å². The number of amides is 2. The number of anilines is 2. The zero-order chi connectivity index (χ0) is 15.8. The van der Waals surface area contributed by atoms with Crippen molar-refractivity contribution in [2.45, 2.75) is 19.8 Å². The maximum absolute atomic E-state index is 12.9. The average Bonchev–Trinajstić information content (AvgIpc) is 2.40. The maximum Gasteiger partial charge on any atom is 0.231 e. The summed E-state index contributed by atoms with van der Waals surface area (Å²) in [5.74, 6) is -1.04. The Balaban J connectivity index is 2.38. The van der Waals surface area contributed by atoms with E-state index in [0.717, 1.165) is 6.07 Å². The highest BCUT2D eigenvalue weighted by Gasteiger charge is 2.09. The van der Waals surface area contributed by atoms with E-state index in [0.29, 0.717) is 25.2 Å². The standard InChI is InChI=1S/C14H21FN4O2/c1-2-19(9-13(17)20)7-3-4-14(21)18-12-6-5-10(15)8-11(12)16/h5-6,8H,2-4,7,9,16H2,1H3,(H2,17,20)(H,18,21). The number of hydrogen-bond donors (Lipinski definition) is 3. The topological polar surface area (TPSA) is 101 Å². The zero-order valence-corrected chi connectivity index (χ0v) is 12.1. The molecule has 1 rings (SSSR count). The second kappa shape index (κ2) is 8.21. The SMILES string of the molecule is CCN(CCCC(=O)Nc1ccc(F)cc1N)CC(N)=O. The monoisotopic (exact) mass is 296 g/mol. The van der Waals surface area contributed by atoms with Gasteiger partial charge in [0.2, 0.25) is 11.8 Å². The first-order valence-corrected chi connectivity index (χ1v) is 6.78. The number of carbonyl (C=O) groups is 2. The first kappa shape index (κ1) is 16.9. The number of carbonyl (C=O) groups excluding carboxylic acids is 2. The molecule has 1 aromatic rings. The molecule has 0 bridgehead atoms. The lowest BCUT2D eigenvalue weighted by Gasteiger charge is -2.18. The summed E-state index contributed by atoms with van der Waals surface area (Å²) >= 11 is 0. The molecule has 0 radical (unpaired) electrons. The van der Waals surface area contributed by atoms with Gasteiger partial charge in [0.05, 0.1) is 17.9 Å². The number of benzene rings is 1. The number of nitrogen functional groups attached to an aromatic ring is 1. The fourth-order valence-corrected chi connectivity index (χ4v) is 1.89. The Hall–Kier alpha value is -2.15. The number of likely N-dealkylation sites (N-methyl/N-ethyl adjacent to an activating group) is 1. The van der Waals surface area contributed by atoms with Crippen molar-refractivity contribution in [3.63, 3.8) is 0 Å². The van der Waals surface area contributed by atoms with E-state index in [4.69, 9.17) is 11.5 Å². The molecule has 0 atom stereocenters. The Kier molecular flexibility index (Phi) is 6.61. The van der Waals surface area contributed by atoms with E-state index in [9.17, 15) is 14.0 Å². The van der Waals surface area contributed by atoms with E-state index < -0.39 is 5.82 Å². The lowest BCUT2D eigenvalue weighted by molar-refractivity contribution is -0.119. The quantitative estimate of drug-likeness (QED) is 0.621. The molecule has 0 unspecified atom stereocenters. The van der Waals surface area contributed by atoms with Crippen molar-refractivity contribution in [2.75, 3.05) is 30.7 Å². The van der Waals surface area contributed by atoms with Crippen molar-refractivity contribution in [3.8, 4) is 0 Å². The van der Waals surface area contributed by atoms with E-state index in [1.165, 1.54) is 12.1 Å². The van der Waals surface area contributed by atoms with Crippen LogP contribution in [0.3, 0.4) is 0 Å². The summed E-state index contributed by atoms with van der Waals surface area (Å²) in [4.78, 5) is 24.5. The van der Waals surface area contributed by atoms with Crippen LogP contribution < -0.4 is 16.8 Å². The molecule has 0 saturated carbocycles. The number of hydrogen-bond acceptors (Lipinski definition) is 4. The number of primary amides is 1. The average molecular weight is 296 g/mol. The predicted octanol–water partition coefficient (Wildman–Crippen LogP) is 0.934. The van der Waals surface area contributed by atoms with E-state index in [1.54, 1.807) is 0 Å². The van der Waals surface area contributed by atoms with Crippen molar-refractivity contribution in [2.24, 2.45) is 5.73 Å². The third-order valence-corrected chi connectivity index (χ3v) is 2.99. The minimum Gasteiger partial charge on any atom is -0.397 e. The van der Waals surface area contributed by atoms with Gasteiger partial charge in [0, 0.05) is 6.42 Å². The molecular weight excluding hydrogens is 275 g/mol. The van der Waals surface area contributed by atoms with Crippen LogP contribution in [0, 0.1) is 5.82 Å². The lowest BCUT2D eigenvalue weighted by atomic mass is 10.2. The Morgan fingerprint density at radius 3 is 2.67 bits per heavy atom. The van der Waals surface area contributed by atoms with Gasteiger partial charge >= 0.3 is 0 Å². The van der Waals surface area contributed by atoms with Crippen LogP contribution in [-0.2, 0) is 9.59 Å². The van der Waals surface area contributed by atoms with Gasteiger partial charge in [-0.2, -0.15) is 0 Å². The molecule has 2 amide bonds. The predicted molar refractivity (Wildman–Crippen MR) is 80.0 cm³/mol. The molecule has 6 nitrogen and oxygen atoms in total. The molecule has 116 valence electrons. The Morgan fingerprint density at radius 1 is 1.38 bits per heavy atom. The third-order valence-electron chi connectivity index (χ3n) is 2.99. The largest absolute Gasteiger partial charge is 0.397 e. The van der Waals surface area contributed by atoms with Crippen LogP contribution in [0.2, 0.25) is 0 Å². The highest BCUT2D eigenvalue weighted by Crippen LogP contribution is 2.19. The van der Waals surface area contributed by atoms with Gasteiger partial charge in [0.25, 0.3) is 0 Å². The molecule has 0 saturated heterocycles. The summed E-state index contributed by atoms with van der Waals surface area (Å²) in [5, 5.41) is 2.63. The highest BCUT2D eigenvalue weighted by molar-refractivity contribution is 5.93. The Bertz CT molecular complexity index is 508. The van der Waals surface area contributed by atoms with Crippen LogP contribution in [0.1, 0.15) is 19.8 Å². The van der Waals surface area contributed by atoms with Crippen LogP contribution in [-0.4, -0.2) is 36.3 Å². The van der Waals surface area contributed by atoms with E-state index >= 15 is 0 Å². The summed E-state index contributed by atoms with van der Waals surface area (Å²) < 4.78 is 12.9. The summed E-state index contributed by atoms with van der Waals surface area (Å²) in [6.07, 6.45) is 0.875. The second-order valence-corrected chi connectivity index (χ2v) is 4.72. The zero-order valence-electron chi connectivity index (χ0n) is 12.1. The van der Waals surface area contributed by atoms with Gasteiger partial charge in [-0.1, -0.05) is 6.92 Å². The summed E-state index contributed by atoms with van der Waals surface area (Å²) in [7, 11) is 0. The van der Waals surface area contributed by atoms with Gasteiger partial charge in [-0.15, -0.1) is 0 Å². The number of nitrogens with zero attached hydrogens (tertiary/aromatic N) is 1. The first-order valence-electron chi connectivity index (χ1n) is 6.78. The molecule has 0 fully saturated rings. The van der Waals surface area contributed by atoms with E-state index in [2.05, 4.69) is 5.32 Å². The van der Waals surface area contributed by atoms with Crippen LogP contribution >= 0.6 is 0 Å². The first-order chi connectivity index (χ1) is 9.92. The molecule has 0 heterocycles. The summed E-state index contributed by atoms with van der Waals surface area (Å²) in [5.41, 5.74) is 11.3. The lowest BCUT2D eigenvalue weighted by Crippen LogP contribution is -2.34. The van der Waals surface area contributed by atoms with Gasteiger partial charge in [-0.05, 0) is 37.7 Å². The van der Waals surface area contributed by atoms with Crippen molar-refractivity contribution < 1.29 is 14.0 Å². The number of rotatable bonds is 8. The molecule has 0 spiro atoms. The molecule has 21 heavy (non-hydrogen) atoms. The van der Waals surface area contributed by atoms with Crippen molar-refractivity contribution in [1.82, 2.24) is 4.90 Å². The molecular formula is C14H21FN4O2. The maximum atomic E-state index is 12.9. The molecule has 0 aliphatic heterocycles. The fourth-order valence-electron chi connectivity index (χ4n) is 1.89. The highest BCUT2D eigenvalue weighted by atomic mass is 19.1. The van der Waals surface area contributed by atoms with Crippen molar-refractivity contribution in [3.05, 3.63) is 24.0 Å². The second-order valence-electron chi connectivity index (χ2n) is 4.72. The summed E-state index contributed by atoms with van der Waals surface area (Å²) in [6.45, 7) is 3.40. The normalized spacial score (nSPS) is 10.6. The number of halogens is 1. The van der Waals surface area contributed by atoms with E-state index in [-0.39, 0.29) is 30.5 Å². The molecule has 0 aliphatic carbocycles. The van der Waals surface area contributed by atoms with Crippen molar-refractivity contribution in [1.29, 1.82) is 0 Å². The molecule has 1 aromatic carbocycles. The third kappa shape index (κ3) is 6.22. The fraction of sp³-hybridized carbons (Fsp3) is 0.429. The van der Waals surface area contributed by atoms with E-state index in [1.807, 2.05) is 11.8 Å². The molecule has 7 heteroatoms. The van der Waals surface area contributed by atoms with Crippen molar-refractivity contribution >= 4 is 23.2 Å². The van der Waals surface area contributed by atoms with Crippen LogP contribution in [0.4, 0.5) is 15.8 Å². The number of nitrogens with two attached hydrogens (primary N) is 2. The van der Waals surface area contributed by atoms with Gasteiger partial charge in [-0.25, -0.2) is 4.39 Å². The smallest absolute Gasteiger partial charge is 0.231 e. The van der Waals surface area contributed by atoms with Gasteiger partial charge in [-0.3, -0.25) is 14.5 Å². The Labute approximate surface area is 123 Å². The summed E-state index contributed by atoms with van der Waals surface area (Å²) in [6, 6.07) is 3.81. The minimum absolute atomic E-state index is 0.184. The molecule has 0 aromatic heterocycles. The van der Waals surface area contributed by atoms with Gasteiger partial charge < -0.3 is 16.8 Å². The van der Waals surface area contributed by atoms with Gasteiger partial charge in [0.1, 0.15) is 5.82 Å². The minimum atomic E-state index is -0.449. The van der Waals surface area contributed by atoms with Crippen LogP contribution in [0.25, 0.3) is 0 Å². The molecule has 5 N–H and O–H groups in total. The number of nitrogens with one attached hydrogen (secondary N) is 1. The Morgan fingerprint density at radius 2 is 2.10 bits per heavy atom. The molecule has 0 aliphatic rings. The van der Waals surface area contributed by atoms with Crippen LogP contribution in [0.15, 0.2) is 18.2 Å². The van der Waals surface area contributed by atoms with Crippen LogP contribution in [0.5, 0.6) is 0 Å².